The molecule has 0 aromatic heterocycles. The van der Waals surface area contributed by atoms with Crippen molar-refractivity contribution in [2.24, 2.45) is 5.41 Å². The van der Waals surface area contributed by atoms with Crippen molar-refractivity contribution in [1.29, 1.82) is 0 Å². The van der Waals surface area contributed by atoms with Crippen LogP contribution >= 0.6 is 11.6 Å². The smallest absolute Gasteiger partial charge is 0.147 e. The molecular formula is C13H19ClO2. The first-order chi connectivity index (χ1) is 7.49. The lowest BCUT2D eigenvalue weighted by molar-refractivity contribution is -0.0806. The zero-order valence-electron chi connectivity index (χ0n) is 10.1. The largest absolute Gasteiger partial charge is 0.355 e. The van der Waals surface area contributed by atoms with Crippen LogP contribution in [0.1, 0.15) is 26.3 Å². The maximum atomic E-state index is 5.99. The topological polar surface area (TPSA) is 18.5 Å². The highest BCUT2D eigenvalue weighted by Crippen LogP contribution is 2.16. The predicted molar refractivity (Wildman–Crippen MR) is 66.5 cm³/mol. The van der Waals surface area contributed by atoms with Crippen LogP contribution in [0.5, 0.6) is 0 Å². The third-order valence-electron chi connectivity index (χ3n) is 1.92. The van der Waals surface area contributed by atoms with Crippen molar-refractivity contribution in [2.75, 3.05) is 13.4 Å². The highest BCUT2D eigenvalue weighted by Gasteiger charge is 2.09. The van der Waals surface area contributed by atoms with Gasteiger partial charge in [-0.2, -0.15) is 0 Å². The van der Waals surface area contributed by atoms with E-state index in [0.29, 0.717) is 20.0 Å². The van der Waals surface area contributed by atoms with Gasteiger partial charge in [-0.05, 0) is 17.0 Å². The molecule has 1 rings (SSSR count). The number of halogens is 1. The summed E-state index contributed by atoms with van der Waals surface area (Å²) in [5, 5.41) is 0.735. The summed E-state index contributed by atoms with van der Waals surface area (Å²) in [7, 11) is 0. The normalized spacial score (nSPS) is 11.8. The van der Waals surface area contributed by atoms with Crippen molar-refractivity contribution >= 4 is 11.6 Å². The van der Waals surface area contributed by atoms with E-state index in [4.69, 9.17) is 21.1 Å². The molecule has 0 aliphatic carbocycles. The summed E-state index contributed by atoms with van der Waals surface area (Å²) < 4.78 is 10.8. The molecule has 3 heteroatoms. The molecule has 0 aliphatic heterocycles. The first-order valence-corrected chi connectivity index (χ1v) is 5.76. The third-order valence-corrected chi connectivity index (χ3v) is 2.29. The lowest BCUT2D eigenvalue weighted by Crippen LogP contribution is -2.16. The second-order valence-corrected chi connectivity index (χ2v) is 5.37. The van der Waals surface area contributed by atoms with Crippen LogP contribution in [-0.4, -0.2) is 13.4 Å². The minimum atomic E-state index is 0.174. The minimum Gasteiger partial charge on any atom is -0.355 e. The molecule has 0 saturated heterocycles. The maximum absolute atomic E-state index is 5.99. The van der Waals surface area contributed by atoms with E-state index < -0.39 is 0 Å². The standard InChI is InChI=1S/C13H19ClO2/c1-13(2,3)9-16-10-15-8-11-6-4-5-7-12(11)14/h4-7H,8-10H2,1-3H3. The lowest BCUT2D eigenvalue weighted by Gasteiger charge is -2.17. The van der Waals surface area contributed by atoms with E-state index in [0.717, 1.165) is 10.6 Å². The van der Waals surface area contributed by atoms with Gasteiger partial charge in [-0.25, -0.2) is 0 Å². The zero-order chi connectivity index (χ0) is 12.0. The molecule has 0 amide bonds. The molecule has 0 aliphatic rings. The molecule has 90 valence electrons. The van der Waals surface area contributed by atoms with Crippen molar-refractivity contribution in [2.45, 2.75) is 27.4 Å². The Morgan fingerprint density at radius 3 is 2.44 bits per heavy atom. The van der Waals surface area contributed by atoms with Gasteiger partial charge in [0.2, 0.25) is 0 Å². The van der Waals surface area contributed by atoms with Crippen molar-refractivity contribution in [3.8, 4) is 0 Å². The average molecular weight is 243 g/mol. The molecule has 0 radical (unpaired) electrons. The molecule has 0 atom stereocenters. The van der Waals surface area contributed by atoms with Crippen molar-refractivity contribution in [3.63, 3.8) is 0 Å². The summed E-state index contributed by atoms with van der Waals surface area (Å²) in [6.45, 7) is 7.87. The van der Waals surface area contributed by atoms with Gasteiger partial charge in [-0.15, -0.1) is 0 Å². The van der Waals surface area contributed by atoms with Gasteiger partial charge in [0.25, 0.3) is 0 Å². The van der Waals surface area contributed by atoms with Gasteiger partial charge in [0.05, 0.1) is 13.2 Å². The quantitative estimate of drug-likeness (QED) is 0.576. The van der Waals surface area contributed by atoms with E-state index in [9.17, 15) is 0 Å². The van der Waals surface area contributed by atoms with Crippen LogP contribution < -0.4 is 0 Å². The number of hydrogen-bond donors (Lipinski definition) is 0. The van der Waals surface area contributed by atoms with Gasteiger partial charge < -0.3 is 9.47 Å². The van der Waals surface area contributed by atoms with Crippen molar-refractivity contribution in [1.82, 2.24) is 0 Å². The summed E-state index contributed by atoms with van der Waals surface area (Å²) in [6, 6.07) is 7.66. The molecule has 0 unspecified atom stereocenters. The molecule has 0 N–H and O–H groups in total. The van der Waals surface area contributed by atoms with Gasteiger partial charge in [0.1, 0.15) is 6.79 Å². The van der Waals surface area contributed by atoms with Crippen LogP contribution in [0, 0.1) is 5.41 Å². The second kappa shape index (κ2) is 6.24. The molecule has 16 heavy (non-hydrogen) atoms. The van der Waals surface area contributed by atoms with Crippen LogP contribution in [0.3, 0.4) is 0 Å². The molecule has 1 aromatic carbocycles. The van der Waals surface area contributed by atoms with E-state index in [2.05, 4.69) is 20.8 Å². The Hall–Kier alpha value is -0.570. The Bertz CT molecular complexity index is 318. The monoisotopic (exact) mass is 242 g/mol. The summed E-state index contributed by atoms with van der Waals surface area (Å²) in [6.07, 6.45) is 0. The fourth-order valence-electron chi connectivity index (χ4n) is 1.17. The minimum absolute atomic E-state index is 0.174. The van der Waals surface area contributed by atoms with Gasteiger partial charge in [-0.3, -0.25) is 0 Å². The van der Waals surface area contributed by atoms with Crippen LogP contribution in [0.25, 0.3) is 0 Å². The summed E-state index contributed by atoms with van der Waals surface area (Å²) in [5.74, 6) is 0. The van der Waals surface area contributed by atoms with Gasteiger partial charge in [0.15, 0.2) is 0 Å². The number of hydrogen-bond acceptors (Lipinski definition) is 2. The molecule has 0 bridgehead atoms. The van der Waals surface area contributed by atoms with Crippen molar-refractivity contribution < 1.29 is 9.47 Å². The van der Waals surface area contributed by atoms with Gasteiger partial charge in [-0.1, -0.05) is 50.6 Å². The second-order valence-electron chi connectivity index (χ2n) is 4.97. The fourth-order valence-corrected chi connectivity index (χ4v) is 1.36. The van der Waals surface area contributed by atoms with E-state index in [1.807, 2.05) is 24.3 Å². The third kappa shape index (κ3) is 5.50. The molecule has 0 heterocycles. The SMILES string of the molecule is CC(C)(C)COCOCc1ccccc1Cl. The molecular weight excluding hydrogens is 224 g/mol. The fraction of sp³-hybridized carbons (Fsp3) is 0.538. The van der Waals surface area contributed by atoms with Gasteiger partial charge >= 0.3 is 0 Å². The van der Waals surface area contributed by atoms with E-state index in [1.165, 1.54) is 0 Å². The summed E-state index contributed by atoms with van der Waals surface area (Å²) in [4.78, 5) is 0. The number of rotatable bonds is 5. The Labute approximate surface area is 103 Å². The molecule has 0 fully saturated rings. The van der Waals surface area contributed by atoms with Crippen LogP contribution in [-0.2, 0) is 16.1 Å². The van der Waals surface area contributed by atoms with E-state index in [1.54, 1.807) is 0 Å². The number of benzene rings is 1. The van der Waals surface area contributed by atoms with Gasteiger partial charge in [0, 0.05) is 5.02 Å². The molecule has 1 aromatic rings. The Kier molecular flexibility index (Phi) is 5.26. The van der Waals surface area contributed by atoms with E-state index in [-0.39, 0.29) is 5.41 Å². The average Bonchev–Trinajstić information content (AvgIpc) is 2.18. The summed E-state index contributed by atoms with van der Waals surface area (Å²) in [5.41, 5.74) is 1.16. The first-order valence-electron chi connectivity index (χ1n) is 5.38. The maximum Gasteiger partial charge on any atom is 0.147 e. The molecule has 0 saturated carbocycles. The number of ether oxygens (including phenoxy) is 2. The van der Waals surface area contributed by atoms with Crippen LogP contribution in [0.4, 0.5) is 0 Å². The van der Waals surface area contributed by atoms with Crippen LogP contribution in [0.2, 0.25) is 5.02 Å². The molecule has 0 spiro atoms. The Balaban J connectivity index is 2.19. The highest BCUT2D eigenvalue weighted by atomic mass is 35.5. The van der Waals surface area contributed by atoms with E-state index >= 15 is 0 Å². The Morgan fingerprint density at radius 2 is 1.81 bits per heavy atom. The molecule has 2 nitrogen and oxygen atoms in total. The van der Waals surface area contributed by atoms with Crippen LogP contribution in [0.15, 0.2) is 24.3 Å². The zero-order valence-corrected chi connectivity index (χ0v) is 10.9. The van der Waals surface area contributed by atoms with Crippen molar-refractivity contribution in [3.05, 3.63) is 34.9 Å². The summed E-state index contributed by atoms with van der Waals surface area (Å²) >= 11 is 5.99. The first kappa shape index (κ1) is 13.5. The predicted octanol–water partition coefficient (Wildman–Crippen LogP) is 3.88. The lowest BCUT2D eigenvalue weighted by atomic mass is 9.99. The Morgan fingerprint density at radius 1 is 1.12 bits per heavy atom. The highest BCUT2D eigenvalue weighted by molar-refractivity contribution is 6.31.